The summed E-state index contributed by atoms with van der Waals surface area (Å²) in [6.07, 6.45) is 0. The summed E-state index contributed by atoms with van der Waals surface area (Å²) in [6, 6.07) is 20.0. The molecule has 120 valence electrons. The third-order valence-corrected chi connectivity index (χ3v) is 8.31. The zero-order chi connectivity index (χ0) is 16.9. The number of benzene rings is 3. The zero-order valence-electron chi connectivity index (χ0n) is 14.0. The Morgan fingerprint density at radius 2 is 1.54 bits per heavy atom. The number of hydrogen-bond donors (Lipinski definition) is 0. The Labute approximate surface area is 142 Å². The van der Waals surface area contributed by atoms with Crippen LogP contribution in [-0.4, -0.2) is 7.11 Å². The molecular formula is C21H19O2P. The van der Waals surface area contributed by atoms with E-state index in [1.807, 2.05) is 68.4 Å². The highest BCUT2D eigenvalue weighted by Gasteiger charge is 2.42. The van der Waals surface area contributed by atoms with Gasteiger partial charge in [-0.25, -0.2) is 0 Å². The van der Waals surface area contributed by atoms with Crippen LogP contribution < -0.4 is 20.7 Å². The van der Waals surface area contributed by atoms with Crippen molar-refractivity contribution in [3.8, 4) is 16.9 Å². The first-order valence-corrected chi connectivity index (χ1v) is 9.73. The molecule has 0 aliphatic carbocycles. The molecule has 2 nitrogen and oxygen atoms in total. The van der Waals surface area contributed by atoms with E-state index in [0.29, 0.717) is 0 Å². The van der Waals surface area contributed by atoms with E-state index in [1.165, 1.54) is 0 Å². The molecule has 0 unspecified atom stereocenters. The van der Waals surface area contributed by atoms with E-state index >= 15 is 0 Å². The van der Waals surface area contributed by atoms with Crippen molar-refractivity contribution in [1.82, 2.24) is 0 Å². The first-order valence-electron chi connectivity index (χ1n) is 8.03. The number of ether oxygens (including phenoxy) is 1. The fourth-order valence-corrected chi connectivity index (χ4v) is 7.24. The lowest BCUT2D eigenvalue weighted by Crippen LogP contribution is -2.24. The number of hydrogen-bond acceptors (Lipinski definition) is 2. The maximum atomic E-state index is 14.5. The van der Waals surface area contributed by atoms with Crippen LogP contribution >= 0.6 is 7.14 Å². The molecule has 1 aliphatic rings. The molecule has 0 N–H and O–H groups in total. The maximum absolute atomic E-state index is 14.5. The van der Waals surface area contributed by atoms with Gasteiger partial charge in [-0.2, -0.15) is 0 Å². The van der Waals surface area contributed by atoms with Gasteiger partial charge in [0.25, 0.3) is 0 Å². The van der Waals surface area contributed by atoms with Gasteiger partial charge in [-0.15, -0.1) is 0 Å². The summed E-state index contributed by atoms with van der Waals surface area (Å²) in [5.74, 6) is 0.791. The molecule has 0 amide bonds. The molecule has 24 heavy (non-hydrogen) atoms. The van der Waals surface area contributed by atoms with Crippen LogP contribution in [0.3, 0.4) is 0 Å². The predicted octanol–water partition coefficient (Wildman–Crippen LogP) is 3.93. The van der Waals surface area contributed by atoms with E-state index in [4.69, 9.17) is 4.74 Å². The Morgan fingerprint density at radius 1 is 0.792 bits per heavy atom. The van der Waals surface area contributed by atoms with Gasteiger partial charge >= 0.3 is 0 Å². The lowest BCUT2D eigenvalue weighted by atomic mass is 10.0. The van der Waals surface area contributed by atoms with Gasteiger partial charge in [0, 0.05) is 15.9 Å². The second kappa shape index (κ2) is 5.36. The highest BCUT2D eigenvalue weighted by Crippen LogP contribution is 2.53. The number of methoxy groups -OCH3 is 1. The average molecular weight is 334 g/mol. The SMILES string of the molecule is COc1ccc2c(c1)-c1cccc(C)c1[P@]2(=O)c1ccccc1C. The Bertz CT molecular complexity index is 1000. The van der Waals surface area contributed by atoms with E-state index in [2.05, 4.69) is 6.07 Å². The lowest BCUT2D eigenvalue weighted by Gasteiger charge is -2.19. The van der Waals surface area contributed by atoms with Crippen molar-refractivity contribution in [1.29, 1.82) is 0 Å². The van der Waals surface area contributed by atoms with Crippen LogP contribution in [0.1, 0.15) is 11.1 Å². The minimum Gasteiger partial charge on any atom is -0.497 e. The molecule has 0 aromatic heterocycles. The standard InChI is InChI=1S/C21H19O2P/c1-14-7-4-5-10-19(14)24(22)20-12-11-16(23-3)13-18(20)17-9-6-8-15(2)21(17)24/h4-13H,1-3H3/t24-/m0/s1. The van der Waals surface area contributed by atoms with Crippen LogP contribution in [0.15, 0.2) is 60.7 Å². The number of rotatable bonds is 2. The molecule has 0 saturated carbocycles. The van der Waals surface area contributed by atoms with Crippen LogP contribution in [-0.2, 0) is 4.57 Å². The van der Waals surface area contributed by atoms with Gasteiger partial charge < -0.3 is 9.30 Å². The van der Waals surface area contributed by atoms with Crippen LogP contribution in [0, 0.1) is 13.8 Å². The summed E-state index contributed by atoms with van der Waals surface area (Å²) >= 11 is 0. The van der Waals surface area contributed by atoms with Crippen molar-refractivity contribution < 1.29 is 9.30 Å². The fourth-order valence-electron chi connectivity index (χ4n) is 3.71. The third-order valence-electron chi connectivity index (χ3n) is 4.84. The second-order valence-electron chi connectivity index (χ2n) is 6.25. The summed E-state index contributed by atoms with van der Waals surface area (Å²) in [5.41, 5.74) is 4.24. The molecule has 0 radical (unpaired) electrons. The van der Waals surface area contributed by atoms with Crippen molar-refractivity contribution in [3.05, 3.63) is 71.8 Å². The zero-order valence-corrected chi connectivity index (χ0v) is 14.9. The Balaban J connectivity index is 2.14. The van der Waals surface area contributed by atoms with Gasteiger partial charge in [-0.05, 0) is 54.3 Å². The van der Waals surface area contributed by atoms with Gasteiger partial charge in [-0.1, -0.05) is 42.5 Å². The van der Waals surface area contributed by atoms with E-state index in [9.17, 15) is 4.57 Å². The highest BCUT2D eigenvalue weighted by atomic mass is 31.2. The molecule has 1 atom stereocenters. The lowest BCUT2D eigenvalue weighted by molar-refractivity contribution is 0.415. The van der Waals surface area contributed by atoms with Crippen LogP contribution in [0.25, 0.3) is 11.1 Å². The monoisotopic (exact) mass is 334 g/mol. The third kappa shape index (κ3) is 1.93. The van der Waals surface area contributed by atoms with Gasteiger partial charge in [-0.3, -0.25) is 0 Å². The van der Waals surface area contributed by atoms with Gasteiger partial charge in [0.15, 0.2) is 7.14 Å². The summed E-state index contributed by atoms with van der Waals surface area (Å²) in [4.78, 5) is 0. The normalized spacial score (nSPS) is 18.1. The summed E-state index contributed by atoms with van der Waals surface area (Å²) in [7, 11) is -1.20. The molecule has 4 rings (SSSR count). The molecule has 0 spiro atoms. The maximum Gasteiger partial charge on any atom is 0.172 e. The minimum absolute atomic E-state index is 0.791. The van der Waals surface area contributed by atoms with Gasteiger partial charge in [0.05, 0.1) is 7.11 Å². The molecule has 0 saturated heterocycles. The first kappa shape index (κ1) is 15.2. The molecular weight excluding hydrogens is 315 g/mol. The molecule has 3 aromatic rings. The summed E-state index contributed by atoms with van der Waals surface area (Å²) < 4.78 is 19.9. The van der Waals surface area contributed by atoms with Crippen LogP contribution in [0.2, 0.25) is 0 Å². The average Bonchev–Trinajstić information content (AvgIpc) is 2.86. The van der Waals surface area contributed by atoms with E-state index < -0.39 is 7.14 Å². The van der Waals surface area contributed by atoms with Crippen LogP contribution in [0.4, 0.5) is 0 Å². The second-order valence-corrected chi connectivity index (χ2v) is 8.88. The number of fused-ring (bicyclic) bond motifs is 3. The van der Waals surface area contributed by atoms with E-state index in [0.717, 1.165) is 43.9 Å². The summed E-state index contributed by atoms with van der Waals surface area (Å²) in [5, 5.41) is 2.83. The highest BCUT2D eigenvalue weighted by molar-refractivity contribution is 7.86. The molecule has 3 heteroatoms. The predicted molar refractivity (Wildman–Crippen MR) is 101 cm³/mol. The van der Waals surface area contributed by atoms with Crippen LogP contribution in [0.5, 0.6) is 5.75 Å². The van der Waals surface area contributed by atoms with Crippen molar-refractivity contribution in [2.24, 2.45) is 0 Å². The molecule has 1 heterocycles. The van der Waals surface area contributed by atoms with E-state index in [-0.39, 0.29) is 0 Å². The molecule has 3 aromatic carbocycles. The quantitative estimate of drug-likeness (QED) is 0.519. The molecule has 0 bridgehead atoms. The fraction of sp³-hybridized carbons (Fsp3) is 0.143. The molecule has 0 fully saturated rings. The first-order chi connectivity index (χ1) is 11.6. The largest absolute Gasteiger partial charge is 0.497 e. The topological polar surface area (TPSA) is 26.3 Å². The van der Waals surface area contributed by atoms with Crippen molar-refractivity contribution in [2.75, 3.05) is 7.11 Å². The van der Waals surface area contributed by atoms with E-state index in [1.54, 1.807) is 7.11 Å². The Morgan fingerprint density at radius 3 is 2.29 bits per heavy atom. The minimum atomic E-state index is -2.86. The van der Waals surface area contributed by atoms with Crippen molar-refractivity contribution in [2.45, 2.75) is 13.8 Å². The van der Waals surface area contributed by atoms with Crippen molar-refractivity contribution in [3.63, 3.8) is 0 Å². The molecule has 1 aliphatic heterocycles. The Kier molecular flexibility index (Phi) is 3.40. The Hall–Kier alpha value is -2.31. The smallest absolute Gasteiger partial charge is 0.172 e. The number of aryl methyl sites for hydroxylation is 2. The van der Waals surface area contributed by atoms with Gasteiger partial charge in [0.2, 0.25) is 0 Å². The summed E-state index contributed by atoms with van der Waals surface area (Å²) in [6.45, 7) is 4.08. The van der Waals surface area contributed by atoms with Crippen molar-refractivity contribution >= 4 is 23.1 Å². The van der Waals surface area contributed by atoms with Gasteiger partial charge in [0.1, 0.15) is 5.75 Å².